The van der Waals surface area contributed by atoms with Gasteiger partial charge in [0, 0.05) is 23.7 Å². The summed E-state index contributed by atoms with van der Waals surface area (Å²) < 4.78 is 1.90. The second-order valence-electron chi connectivity index (χ2n) is 4.81. The number of rotatable bonds is 2. The van der Waals surface area contributed by atoms with Gasteiger partial charge in [-0.15, -0.1) is 0 Å². The van der Waals surface area contributed by atoms with E-state index in [2.05, 4.69) is 20.3 Å². The van der Waals surface area contributed by atoms with Crippen molar-refractivity contribution in [2.24, 2.45) is 4.99 Å². The monoisotopic (exact) mass is 322 g/mol. The van der Waals surface area contributed by atoms with Gasteiger partial charge in [0.25, 0.3) is 0 Å². The lowest BCUT2D eigenvalue weighted by molar-refractivity contribution is 1.07. The minimum atomic E-state index is 0.563. The SMILES string of the molecule is CSC(=Nc1ccc(-c2cn3ccc(C)nc3n2)cc1)NC#N. The number of imidazole rings is 1. The molecule has 114 valence electrons. The lowest BCUT2D eigenvalue weighted by atomic mass is 10.1. The molecule has 0 atom stereocenters. The molecule has 3 aromatic rings. The molecule has 0 aliphatic heterocycles. The normalized spacial score (nSPS) is 11.4. The van der Waals surface area contributed by atoms with Crippen LogP contribution in [0.1, 0.15) is 5.69 Å². The molecule has 2 aromatic heterocycles. The molecule has 1 aromatic carbocycles. The third kappa shape index (κ3) is 3.33. The van der Waals surface area contributed by atoms with Crippen molar-refractivity contribution in [2.75, 3.05) is 6.26 Å². The van der Waals surface area contributed by atoms with E-state index in [0.717, 1.165) is 22.6 Å². The summed E-state index contributed by atoms with van der Waals surface area (Å²) in [5.74, 6) is 0.685. The molecule has 3 rings (SSSR count). The van der Waals surface area contributed by atoms with Crippen molar-refractivity contribution in [3.8, 4) is 17.5 Å². The van der Waals surface area contributed by atoms with E-state index in [1.54, 1.807) is 0 Å². The van der Waals surface area contributed by atoms with Gasteiger partial charge in [-0.3, -0.25) is 9.72 Å². The highest BCUT2D eigenvalue weighted by Gasteiger charge is 2.05. The van der Waals surface area contributed by atoms with Crippen LogP contribution in [0.25, 0.3) is 17.0 Å². The Bertz CT molecular complexity index is 904. The van der Waals surface area contributed by atoms with Crippen LogP contribution in [0.3, 0.4) is 0 Å². The molecule has 0 fully saturated rings. The zero-order valence-electron chi connectivity index (χ0n) is 12.7. The van der Waals surface area contributed by atoms with Gasteiger partial charge in [-0.2, -0.15) is 5.26 Å². The van der Waals surface area contributed by atoms with Gasteiger partial charge < -0.3 is 0 Å². The van der Waals surface area contributed by atoms with Gasteiger partial charge >= 0.3 is 0 Å². The molecule has 0 bridgehead atoms. The van der Waals surface area contributed by atoms with E-state index in [1.165, 1.54) is 11.8 Å². The van der Waals surface area contributed by atoms with Crippen molar-refractivity contribution in [3.05, 3.63) is 48.4 Å². The Balaban J connectivity index is 1.90. The third-order valence-electron chi connectivity index (χ3n) is 3.22. The van der Waals surface area contributed by atoms with Crippen LogP contribution in [0.15, 0.2) is 47.7 Å². The van der Waals surface area contributed by atoms with Gasteiger partial charge in [0.15, 0.2) is 11.4 Å². The van der Waals surface area contributed by atoms with Gasteiger partial charge in [0.1, 0.15) is 0 Å². The van der Waals surface area contributed by atoms with E-state index in [0.29, 0.717) is 10.9 Å². The first-order chi connectivity index (χ1) is 11.2. The molecule has 0 saturated carbocycles. The Morgan fingerprint density at radius 1 is 1.26 bits per heavy atom. The summed E-state index contributed by atoms with van der Waals surface area (Å²) in [5, 5.41) is 11.8. The molecule has 1 N–H and O–H groups in total. The number of aliphatic imine (C=N–C) groups is 1. The molecular weight excluding hydrogens is 308 g/mol. The van der Waals surface area contributed by atoms with Gasteiger partial charge in [-0.05, 0) is 31.4 Å². The van der Waals surface area contributed by atoms with E-state index in [9.17, 15) is 0 Å². The fourth-order valence-corrected chi connectivity index (χ4v) is 2.44. The number of nitriles is 1. The van der Waals surface area contributed by atoms with E-state index >= 15 is 0 Å². The molecule has 0 aliphatic carbocycles. The van der Waals surface area contributed by atoms with E-state index < -0.39 is 0 Å². The average molecular weight is 322 g/mol. The molecular formula is C16H14N6S. The fraction of sp³-hybridized carbons (Fsp3) is 0.125. The Morgan fingerprint density at radius 2 is 2.04 bits per heavy atom. The second-order valence-corrected chi connectivity index (χ2v) is 5.60. The Labute approximate surface area is 137 Å². The van der Waals surface area contributed by atoms with Crippen LogP contribution in [0.2, 0.25) is 0 Å². The number of hydrogen-bond acceptors (Lipinski definition) is 5. The van der Waals surface area contributed by atoms with Crippen LogP contribution in [-0.2, 0) is 0 Å². The summed E-state index contributed by atoms with van der Waals surface area (Å²) >= 11 is 1.39. The maximum Gasteiger partial charge on any atom is 0.234 e. The Kier molecular flexibility index (Phi) is 4.26. The minimum absolute atomic E-state index is 0.563. The number of nitrogens with zero attached hydrogens (tertiary/aromatic N) is 5. The van der Waals surface area contributed by atoms with Crippen LogP contribution in [0.5, 0.6) is 0 Å². The van der Waals surface area contributed by atoms with Gasteiger partial charge in [-0.1, -0.05) is 23.9 Å². The first kappa shape index (κ1) is 15.1. The van der Waals surface area contributed by atoms with Crippen molar-refractivity contribution < 1.29 is 0 Å². The average Bonchev–Trinajstić information content (AvgIpc) is 2.98. The summed E-state index contributed by atoms with van der Waals surface area (Å²) in [7, 11) is 0. The largest absolute Gasteiger partial charge is 0.291 e. The number of fused-ring (bicyclic) bond motifs is 1. The molecule has 6 nitrogen and oxygen atoms in total. The molecule has 0 saturated heterocycles. The lowest BCUT2D eigenvalue weighted by Gasteiger charge is -2.01. The molecule has 0 radical (unpaired) electrons. The van der Waals surface area contributed by atoms with Gasteiger partial charge in [-0.25, -0.2) is 15.0 Å². The zero-order valence-corrected chi connectivity index (χ0v) is 13.5. The number of aromatic nitrogens is 3. The molecule has 7 heteroatoms. The number of benzene rings is 1. The predicted molar refractivity (Wildman–Crippen MR) is 92.5 cm³/mol. The highest BCUT2D eigenvalue weighted by molar-refractivity contribution is 8.13. The number of aryl methyl sites for hydroxylation is 1. The summed E-state index contributed by atoms with van der Waals surface area (Å²) in [6.45, 7) is 1.94. The first-order valence-electron chi connectivity index (χ1n) is 6.90. The maximum absolute atomic E-state index is 8.66. The highest BCUT2D eigenvalue weighted by atomic mass is 32.2. The maximum atomic E-state index is 8.66. The van der Waals surface area contributed by atoms with Crippen LogP contribution in [0, 0.1) is 18.4 Å². The topological polar surface area (TPSA) is 78.4 Å². The molecule has 0 spiro atoms. The predicted octanol–water partition coefficient (Wildman–Crippen LogP) is 3.13. The summed E-state index contributed by atoms with van der Waals surface area (Å²) in [6.07, 6.45) is 7.64. The van der Waals surface area contributed by atoms with Crippen LogP contribution < -0.4 is 5.32 Å². The summed E-state index contributed by atoms with van der Waals surface area (Å²) in [6, 6.07) is 9.65. The second kappa shape index (κ2) is 6.50. The van der Waals surface area contributed by atoms with Gasteiger partial charge in [0.05, 0.1) is 11.4 Å². The molecule has 0 aliphatic rings. The molecule has 0 unspecified atom stereocenters. The smallest absolute Gasteiger partial charge is 0.234 e. The summed E-state index contributed by atoms with van der Waals surface area (Å²) in [4.78, 5) is 13.3. The van der Waals surface area contributed by atoms with E-state index in [-0.39, 0.29) is 0 Å². The van der Waals surface area contributed by atoms with Crippen LogP contribution in [-0.4, -0.2) is 25.8 Å². The van der Waals surface area contributed by atoms with Crippen molar-refractivity contribution in [3.63, 3.8) is 0 Å². The highest BCUT2D eigenvalue weighted by Crippen LogP contribution is 2.22. The quantitative estimate of drug-likeness (QED) is 0.339. The van der Waals surface area contributed by atoms with Crippen molar-refractivity contribution >= 4 is 28.4 Å². The summed E-state index contributed by atoms with van der Waals surface area (Å²) in [5.41, 5.74) is 3.57. The van der Waals surface area contributed by atoms with E-state index in [4.69, 9.17) is 5.26 Å². The Morgan fingerprint density at radius 3 is 2.74 bits per heavy atom. The van der Waals surface area contributed by atoms with Crippen LogP contribution in [0.4, 0.5) is 5.69 Å². The first-order valence-corrected chi connectivity index (χ1v) is 8.12. The van der Waals surface area contributed by atoms with Gasteiger partial charge in [0.2, 0.25) is 5.78 Å². The number of thioether (sulfide) groups is 1. The number of hydrogen-bond donors (Lipinski definition) is 1. The molecule has 23 heavy (non-hydrogen) atoms. The fourth-order valence-electron chi connectivity index (χ4n) is 2.09. The van der Waals surface area contributed by atoms with E-state index in [1.807, 2.05) is 66.5 Å². The zero-order chi connectivity index (χ0) is 16.2. The van der Waals surface area contributed by atoms with Crippen molar-refractivity contribution in [1.82, 2.24) is 19.7 Å². The minimum Gasteiger partial charge on any atom is -0.291 e. The van der Waals surface area contributed by atoms with Crippen LogP contribution >= 0.6 is 11.8 Å². The Hall–Kier alpha value is -2.85. The standard InChI is InChI=1S/C16H14N6S/c1-11-7-8-22-9-14(21-15(22)19-11)12-3-5-13(6-4-12)20-16(23-2)18-10-17/h3-9H,1-2H3,(H,18,20). The molecule has 2 heterocycles. The number of amidine groups is 1. The van der Waals surface area contributed by atoms with Crippen molar-refractivity contribution in [1.29, 1.82) is 5.26 Å². The lowest BCUT2D eigenvalue weighted by Crippen LogP contribution is -2.12. The number of nitrogens with one attached hydrogen (secondary N) is 1. The molecule has 0 amide bonds. The van der Waals surface area contributed by atoms with Crippen molar-refractivity contribution in [2.45, 2.75) is 6.92 Å². The third-order valence-corrected chi connectivity index (χ3v) is 3.80.